The lowest BCUT2D eigenvalue weighted by molar-refractivity contribution is -0.130. The smallest absolute Gasteiger partial charge is 0.408 e. The third-order valence-corrected chi connectivity index (χ3v) is 4.19. The van der Waals surface area contributed by atoms with Gasteiger partial charge in [0.15, 0.2) is 0 Å². The molecule has 1 heterocycles. The van der Waals surface area contributed by atoms with Gasteiger partial charge in [-0.3, -0.25) is 9.59 Å². The normalized spacial score (nSPS) is 14.7. The number of ether oxygens (including phenoxy) is 1. The number of aromatic amines is 1. The van der Waals surface area contributed by atoms with Gasteiger partial charge in [0, 0.05) is 23.5 Å². The first-order valence-electron chi connectivity index (χ1n) is 9.30. The van der Waals surface area contributed by atoms with Crippen LogP contribution in [0.3, 0.4) is 0 Å². The van der Waals surface area contributed by atoms with Gasteiger partial charge in [0.2, 0.25) is 11.8 Å². The molecule has 0 unspecified atom stereocenters. The number of hydrogen-bond donors (Lipinski definition) is 5. The molecule has 1 aromatic heterocycles. The first kappa shape index (κ1) is 22.2. The molecule has 0 radical (unpaired) electrons. The number of carbonyl (C=O) groups is 3. The van der Waals surface area contributed by atoms with E-state index in [1.165, 1.54) is 6.92 Å². The number of nitrogens with two attached hydrogens (primary N) is 1. The average Bonchev–Trinajstić information content (AvgIpc) is 2.99. The topological polar surface area (TPSA) is 147 Å². The highest BCUT2D eigenvalue weighted by Gasteiger charge is 2.30. The average molecular weight is 404 g/mol. The zero-order valence-corrected chi connectivity index (χ0v) is 17.0. The molecule has 158 valence electrons. The Bertz CT molecular complexity index is 884. The summed E-state index contributed by atoms with van der Waals surface area (Å²) in [6, 6.07) is 5.20. The highest BCUT2D eigenvalue weighted by atomic mass is 16.6. The van der Waals surface area contributed by atoms with Crippen molar-refractivity contribution in [3.63, 3.8) is 0 Å². The summed E-state index contributed by atoms with van der Waals surface area (Å²) in [7, 11) is 0. The summed E-state index contributed by atoms with van der Waals surface area (Å²) in [5.74, 6) is -1.54. The predicted molar refractivity (Wildman–Crippen MR) is 108 cm³/mol. The van der Waals surface area contributed by atoms with Gasteiger partial charge in [-0.25, -0.2) is 4.79 Å². The van der Waals surface area contributed by atoms with Gasteiger partial charge in [-0.15, -0.1) is 0 Å². The Labute approximate surface area is 169 Å². The Balaban J connectivity index is 2.25. The summed E-state index contributed by atoms with van der Waals surface area (Å²) in [6.07, 6.45) is -0.0700. The fourth-order valence-electron chi connectivity index (χ4n) is 2.86. The summed E-state index contributed by atoms with van der Waals surface area (Å²) in [6.45, 7) is 6.46. The number of nitrogens with one attached hydrogen (secondary N) is 3. The lowest BCUT2D eigenvalue weighted by Gasteiger charge is -2.25. The van der Waals surface area contributed by atoms with Crippen LogP contribution in [0.4, 0.5) is 4.79 Å². The second kappa shape index (κ2) is 8.95. The third-order valence-electron chi connectivity index (χ3n) is 4.19. The molecule has 0 saturated heterocycles. The van der Waals surface area contributed by atoms with Crippen LogP contribution in [0.2, 0.25) is 0 Å². The molecule has 0 bridgehead atoms. The molecule has 1 aromatic carbocycles. The molecule has 0 aliphatic carbocycles. The van der Waals surface area contributed by atoms with E-state index >= 15 is 0 Å². The number of para-hydroxylation sites is 1. The lowest BCUT2D eigenvalue weighted by atomic mass is 10.0. The number of primary amides is 1. The number of benzene rings is 1. The highest BCUT2D eigenvalue weighted by molar-refractivity contribution is 5.92. The molecule has 0 spiro atoms. The third kappa shape index (κ3) is 6.21. The first-order chi connectivity index (χ1) is 13.5. The van der Waals surface area contributed by atoms with E-state index in [1.807, 2.05) is 24.3 Å². The standard InChI is InChI=1S/C20H28N4O5/c1-11(25)16(17(21)26)24-18(27)15(23-19(28)29-20(2,3)4)9-12-10-22-14-8-6-5-7-13(12)14/h5-8,10-11,15-16,22,25H,9H2,1-4H3,(H2,21,26)(H,23,28)(H,24,27)/t11-,15+,16+/m1/s1. The summed E-state index contributed by atoms with van der Waals surface area (Å²) >= 11 is 0. The minimum Gasteiger partial charge on any atom is -0.444 e. The van der Waals surface area contributed by atoms with E-state index in [4.69, 9.17) is 10.5 Å². The molecule has 0 saturated carbocycles. The number of H-pyrrole nitrogens is 1. The monoisotopic (exact) mass is 404 g/mol. The molecule has 0 fully saturated rings. The van der Waals surface area contributed by atoms with Crippen molar-refractivity contribution in [2.75, 3.05) is 0 Å². The van der Waals surface area contributed by atoms with Crippen LogP contribution < -0.4 is 16.4 Å². The molecule has 29 heavy (non-hydrogen) atoms. The van der Waals surface area contributed by atoms with Crippen LogP contribution in [0, 0.1) is 0 Å². The van der Waals surface area contributed by atoms with Crippen molar-refractivity contribution in [1.29, 1.82) is 0 Å². The van der Waals surface area contributed by atoms with E-state index < -0.39 is 41.7 Å². The zero-order chi connectivity index (χ0) is 21.8. The number of aromatic nitrogens is 1. The number of fused-ring (bicyclic) bond motifs is 1. The number of aliphatic hydroxyl groups excluding tert-OH is 1. The number of alkyl carbamates (subject to hydrolysis) is 1. The largest absolute Gasteiger partial charge is 0.444 e. The van der Waals surface area contributed by atoms with Crippen LogP contribution in [0.1, 0.15) is 33.3 Å². The Morgan fingerprint density at radius 2 is 1.86 bits per heavy atom. The first-order valence-corrected chi connectivity index (χ1v) is 9.30. The van der Waals surface area contributed by atoms with Crippen molar-refractivity contribution in [1.82, 2.24) is 15.6 Å². The second-order valence-electron chi connectivity index (χ2n) is 7.89. The van der Waals surface area contributed by atoms with Crippen molar-refractivity contribution in [3.05, 3.63) is 36.0 Å². The van der Waals surface area contributed by atoms with Crippen molar-refractivity contribution < 1.29 is 24.2 Å². The molecule has 9 heteroatoms. The molecule has 3 amide bonds. The molecule has 9 nitrogen and oxygen atoms in total. The van der Waals surface area contributed by atoms with Crippen LogP contribution in [-0.2, 0) is 20.7 Å². The summed E-state index contributed by atoms with van der Waals surface area (Å²) in [5.41, 5.74) is 6.18. The maximum Gasteiger partial charge on any atom is 0.408 e. The van der Waals surface area contributed by atoms with Gasteiger partial charge in [-0.05, 0) is 39.3 Å². The van der Waals surface area contributed by atoms with Crippen LogP contribution >= 0.6 is 0 Å². The van der Waals surface area contributed by atoms with Gasteiger partial charge >= 0.3 is 6.09 Å². The fraction of sp³-hybridized carbons (Fsp3) is 0.450. The molecule has 0 aliphatic heterocycles. The number of rotatable bonds is 7. The maximum absolute atomic E-state index is 12.8. The van der Waals surface area contributed by atoms with Gasteiger partial charge < -0.3 is 31.2 Å². The van der Waals surface area contributed by atoms with Gasteiger partial charge in [-0.1, -0.05) is 18.2 Å². The van der Waals surface area contributed by atoms with Crippen LogP contribution in [0.5, 0.6) is 0 Å². The van der Waals surface area contributed by atoms with Crippen molar-refractivity contribution in [2.24, 2.45) is 5.73 Å². The van der Waals surface area contributed by atoms with Crippen LogP contribution in [-0.4, -0.2) is 51.8 Å². The quantitative estimate of drug-likeness (QED) is 0.466. The Morgan fingerprint density at radius 3 is 2.45 bits per heavy atom. The summed E-state index contributed by atoms with van der Waals surface area (Å²) in [4.78, 5) is 39.7. The van der Waals surface area contributed by atoms with E-state index in [-0.39, 0.29) is 6.42 Å². The summed E-state index contributed by atoms with van der Waals surface area (Å²) in [5, 5.41) is 15.6. The number of carbonyl (C=O) groups excluding carboxylic acids is 3. The van der Waals surface area contributed by atoms with E-state index in [9.17, 15) is 19.5 Å². The lowest BCUT2D eigenvalue weighted by Crippen LogP contribution is -2.57. The van der Waals surface area contributed by atoms with Gasteiger partial charge in [0.1, 0.15) is 17.7 Å². The van der Waals surface area contributed by atoms with E-state index in [2.05, 4.69) is 15.6 Å². The van der Waals surface area contributed by atoms with E-state index in [0.29, 0.717) is 0 Å². The summed E-state index contributed by atoms with van der Waals surface area (Å²) < 4.78 is 5.25. The molecular weight excluding hydrogens is 376 g/mol. The van der Waals surface area contributed by atoms with Crippen LogP contribution in [0.25, 0.3) is 10.9 Å². The molecule has 6 N–H and O–H groups in total. The van der Waals surface area contributed by atoms with Crippen LogP contribution in [0.15, 0.2) is 30.5 Å². The van der Waals surface area contributed by atoms with Gasteiger partial charge in [0.25, 0.3) is 0 Å². The predicted octanol–water partition coefficient (Wildman–Crippen LogP) is 0.955. The number of aliphatic hydroxyl groups is 1. The fourth-order valence-corrected chi connectivity index (χ4v) is 2.86. The maximum atomic E-state index is 12.8. The molecule has 3 atom stereocenters. The number of amides is 3. The Kier molecular flexibility index (Phi) is 6.86. The molecule has 0 aliphatic rings. The highest BCUT2D eigenvalue weighted by Crippen LogP contribution is 2.19. The minimum absolute atomic E-state index is 0.139. The van der Waals surface area contributed by atoms with E-state index in [0.717, 1.165) is 16.5 Å². The Hall–Kier alpha value is -3.07. The molecule has 2 aromatic rings. The van der Waals surface area contributed by atoms with Crippen molar-refractivity contribution >= 4 is 28.8 Å². The second-order valence-corrected chi connectivity index (χ2v) is 7.89. The molecular formula is C20H28N4O5. The van der Waals surface area contributed by atoms with Gasteiger partial charge in [-0.2, -0.15) is 0 Å². The minimum atomic E-state index is -1.28. The zero-order valence-electron chi connectivity index (χ0n) is 17.0. The molecule has 2 rings (SSSR count). The van der Waals surface area contributed by atoms with Crippen molar-refractivity contribution in [3.8, 4) is 0 Å². The van der Waals surface area contributed by atoms with E-state index in [1.54, 1.807) is 27.0 Å². The Morgan fingerprint density at radius 1 is 1.21 bits per heavy atom. The van der Waals surface area contributed by atoms with Gasteiger partial charge in [0.05, 0.1) is 6.10 Å². The SMILES string of the molecule is C[C@@H](O)[C@H](NC(=O)[C@H](Cc1c[nH]c2ccccc12)NC(=O)OC(C)(C)C)C(N)=O. The van der Waals surface area contributed by atoms with Crippen molar-refractivity contribution in [2.45, 2.75) is 57.9 Å². The number of hydrogen-bond acceptors (Lipinski definition) is 5.